The van der Waals surface area contributed by atoms with E-state index in [9.17, 15) is 4.79 Å². The van der Waals surface area contributed by atoms with Crippen LogP contribution in [0, 0.1) is 0 Å². The van der Waals surface area contributed by atoms with Crippen molar-refractivity contribution in [1.82, 2.24) is 10.3 Å². The third kappa shape index (κ3) is 4.20. The number of ether oxygens (including phenoxy) is 1. The zero-order valence-electron chi connectivity index (χ0n) is 13.2. The van der Waals surface area contributed by atoms with Crippen molar-refractivity contribution in [2.24, 2.45) is 0 Å². The smallest absolute Gasteiger partial charge is 0.251 e. The van der Waals surface area contributed by atoms with Gasteiger partial charge in [-0.15, -0.1) is 0 Å². The van der Waals surface area contributed by atoms with Gasteiger partial charge in [0.1, 0.15) is 12.4 Å². The number of pyridine rings is 1. The van der Waals surface area contributed by atoms with Crippen molar-refractivity contribution in [2.75, 3.05) is 0 Å². The lowest BCUT2D eigenvalue weighted by Gasteiger charge is -2.12. The van der Waals surface area contributed by atoms with E-state index in [2.05, 4.69) is 10.3 Å². The van der Waals surface area contributed by atoms with Gasteiger partial charge in [0.2, 0.25) is 0 Å². The first-order valence-corrected chi connectivity index (χ1v) is 7.76. The van der Waals surface area contributed by atoms with Crippen molar-refractivity contribution in [3.05, 3.63) is 95.8 Å². The standard InChI is InChI=1S/C20H18N2O2/c23-20(16-10-12-21-13-11-16)22-14-17-6-4-5-7-18(17)15-24-19-8-2-1-3-9-19/h1-13H,14-15H2,(H,22,23). The summed E-state index contributed by atoms with van der Waals surface area (Å²) in [5.41, 5.74) is 2.69. The van der Waals surface area contributed by atoms with Gasteiger partial charge in [-0.1, -0.05) is 42.5 Å². The van der Waals surface area contributed by atoms with E-state index < -0.39 is 0 Å². The number of nitrogens with one attached hydrogen (secondary N) is 1. The maximum Gasteiger partial charge on any atom is 0.251 e. The van der Waals surface area contributed by atoms with Crippen LogP contribution in [-0.2, 0) is 13.2 Å². The molecule has 0 saturated carbocycles. The predicted molar refractivity (Wildman–Crippen MR) is 92.6 cm³/mol. The van der Waals surface area contributed by atoms with Gasteiger partial charge in [-0.05, 0) is 35.4 Å². The van der Waals surface area contributed by atoms with E-state index in [0.717, 1.165) is 16.9 Å². The Morgan fingerprint density at radius 1 is 0.875 bits per heavy atom. The molecule has 1 amide bonds. The zero-order valence-corrected chi connectivity index (χ0v) is 13.2. The summed E-state index contributed by atoms with van der Waals surface area (Å²) in [6.07, 6.45) is 3.22. The molecule has 2 aromatic carbocycles. The summed E-state index contributed by atoms with van der Waals surface area (Å²) in [4.78, 5) is 16.1. The Morgan fingerprint density at radius 2 is 1.54 bits per heavy atom. The van der Waals surface area contributed by atoms with Gasteiger partial charge in [-0.3, -0.25) is 9.78 Å². The minimum Gasteiger partial charge on any atom is -0.489 e. The average molecular weight is 318 g/mol. The molecular formula is C20H18N2O2. The predicted octanol–water partition coefficient (Wildman–Crippen LogP) is 3.59. The van der Waals surface area contributed by atoms with Crippen LogP contribution in [0.5, 0.6) is 5.75 Å². The Bertz CT molecular complexity index is 789. The van der Waals surface area contributed by atoms with E-state index >= 15 is 0 Å². The van der Waals surface area contributed by atoms with Crippen molar-refractivity contribution in [3.8, 4) is 5.75 Å². The van der Waals surface area contributed by atoms with Gasteiger partial charge in [-0.2, -0.15) is 0 Å². The number of carbonyl (C=O) groups is 1. The lowest BCUT2D eigenvalue weighted by atomic mass is 10.1. The highest BCUT2D eigenvalue weighted by atomic mass is 16.5. The number of benzene rings is 2. The van der Waals surface area contributed by atoms with Gasteiger partial charge in [0.05, 0.1) is 0 Å². The molecule has 120 valence electrons. The zero-order chi connectivity index (χ0) is 16.6. The molecule has 1 heterocycles. The Labute approximate surface area is 141 Å². The number of rotatable bonds is 6. The summed E-state index contributed by atoms with van der Waals surface area (Å²) in [5, 5.41) is 2.93. The Balaban J connectivity index is 1.63. The molecule has 3 aromatic rings. The highest BCUT2D eigenvalue weighted by molar-refractivity contribution is 5.93. The first-order chi connectivity index (χ1) is 11.8. The summed E-state index contributed by atoms with van der Waals surface area (Å²) in [5.74, 6) is 0.712. The van der Waals surface area contributed by atoms with Crippen LogP contribution in [0.15, 0.2) is 79.1 Å². The summed E-state index contributed by atoms with van der Waals surface area (Å²) in [6, 6.07) is 21.0. The first-order valence-electron chi connectivity index (χ1n) is 7.76. The highest BCUT2D eigenvalue weighted by Gasteiger charge is 2.07. The molecule has 0 unspecified atom stereocenters. The average Bonchev–Trinajstić information content (AvgIpc) is 2.66. The number of para-hydroxylation sites is 1. The molecule has 1 aromatic heterocycles. The molecule has 0 aliphatic carbocycles. The minimum atomic E-state index is -0.115. The molecule has 1 N–H and O–H groups in total. The van der Waals surface area contributed by atoms with Crippen LogP contribution < -0.4 is 10.1 Å². The molecule has 4 heteroatoms. The van der Waals surface area contributed by atoms with E-state index in [-0.39, 0.29) is 5.91 Å². The number of hydrogen-bond acceptors (Lipinski definition) is 3. The Kier molecular flexibility index (Phi) is 5.20. The highest BCUT2D eigenvalue weighted by Crippen LogP contribution is 2.14. The third-order valence-corrected chi connectivity index (χ3v) is 3.64. The van der Waals surface area contributed by atoms with Gasteiger partial charge in [0.25, 0.3) is 5.91 Å². The molecule has 4 nitrogen and oxygen atoms in total. The second kappa shape index (κ2) is 7.92. The van der Waals surface area contributed by atoms with Gasteiger partial charge >= 0.3 is 0 Å². The van der Waals surface area contributed by atoms with E-state index in [4.69, 9.17) is 4.74 Å². The fraction of sp³-hybridized carbons (Fsp3) is 0.100. The fourth-order valence-corrected chi connectivity index (χ4v) is 2.33. The number of aromatic nitrogens is 1. The van der Waals surface area contributed by atoms with Crippen molar-refractivity contribution in [2.45, 2.75) is 13.2 Å². The number of hydrogen-bond donors (Lipinski definition) is 1. The quantitative estimate of drug-likeness (QED) is 0.755. The molecule has 0 fully saturated rings. The van der Waals surface area contributed by atoms with Gasteiger partial charge in [0.15, 0.2) is 0 Å². The van der Waals surface area contributed by atoms with Gasteiger partial charge < -0.3 is 10.1 Å². The van der Waals surface area contributed by atoms with Crippen LogP contribution in [0.4, 0.5) is 0 Å². The number of nitrogens with zero attached hydrogens (tertiary/aromatic N) is 1. The van der Waals surface area contributed by atoms with Crippen LogP contribution in [-0.4, -0.2) is 10.9 Å². The van der Waals surface area contributed by atoms with Crippen LogP contribution in [0.25, 0.3) is 0 Å². The Hall–Kier alpha value is -3.14. The molecule has 3 rings (SSSR count). The van der Waals surface area contributed by atoms with Crippen molar-refractivity contribution in [1.29, 1.82) is 0 Å². The summed E-state index contributed by atoms with van der Waals surface area (Å²) in [7, 11) is 0. The van der Waals surface area contributed by atoms with E-state index in [1.54, 1.807) is 24.5 Å². The second-order valence-electron chi connectivity index (χ2n) is 5.29. The molecule has 0 atom stereocenters. The SMILES string of the molecule is O=C(NCc1ccccc1COc1ccccc1)c1ccncc1. The maximum absolute atomic E-state index is 12.1. The monoisotopic (exact) mass is 318 g/mol. The molecule has 0 spiro atoms. The van der Waals surface area contributed by atoms with Crippen LogP contribution in [0.3, 0.4) is 0 Å². The topological polar surface area (TPSA) is 51.2 Å². The summed E-state index contributed by atoms with van der Waals surface area (Å²) >= 11 is 0. The van der Waals surface area contributed by atoms with Crippen LogP contribution >= 0.6 is 0 Å². The largest absolute Gasteiger partial charge is 0.489 e. The number of carbonyl (C=O) groups excluding carboxylic acids is 1. The lowest BCUT2D eigenvalue weighted by molar-refractivity contribution is 0.0950. The van der Waals surface area contributed by atoms with Crippen molar-refractivity contribution >= 4 is 5.91 Å². The molecule has 24 heavy (non-hydrogen) atoms. The molecular weight excluding hydrogens is 300 g/mol. The number of amides is 1. The summed E-state index contributed by atoms with van der Waals surface area (Å²) < 4.78 is 5.80. The lowest BCUT2D eigenvalue weighted by Crippen LogP contribution is -2.23. The summed E-state index contributed by atoms with van der Waals surface area (Å²) in [6.45, 7) is 0.917. The van der Waals surface area contributed by atoms with E-state index in [1.807, 2.05) is 54.6 Å². The molecule has 0 radical (unpaired) electrons. The van der Waals surface area contributed by atoms with E-state index in [1.165, 1.54) is 0 Å². The van der Waals surface area contributed by atoms with Crippen LogP contribution in [0.1, 0.15) is 21.5 Å². The van der Waals surface area contributed by atoms with E-state index in [0.29, 0.717) is 18.7 Å². The third-order valence-electron chi connectivity index (χ3n) is 3.64. The first kappa shape index (κ1) is 15.7. The van der Waals surface area contributed by atoms with Crippen molar-refractivity contribution in [3.63, 3.8) is 0 Å². The maximum atomic E-state index is 12.1. The van der Waals surface area contributed by atoms with Gasteiger partial charge in [-0.25, -0.2) is 0 Å². The van der Waals surface area contributed by atoms with Crippen LogP contribution in [0.2, 0.25) is 0 Å². The molecule has 0 aliphatic rings. The molecule has 0 aliphatic heterocycles. The second-order valence-corrected chi connectivity index (χ2v) is 5.29. The normalized spacial score (nSPS) is 10.2. The Morgan fingerprint density at radius 3 is 2.29 bits per heavy atom. The minimum absolute atomic E-state index is 0.115. The van der Waals surface area contributed by atoms with Crippen molar-refractivity contribution < 1.29 is 9.53 Å². The molecule has 0 saturated heterocycles. The van der Waals surface area contributed by atoms with Gasteiger partial charge in [0, 0.05) is 24.5 Å². The molecule has 0 bridgehead atoms. The fourth-order valence-electron chi connectivity index (χ4n) is 2.33.